The van der Waals surface area contributed by atoms with E-state index in [1.807, 2.05) is 0 Å². The maximum Gasteiger partial charge on any atom is 0.451 e. The number of nitrogens with one attached hydrogen (secondary N) is 1. The molecule has 0 saturated heterocycles. The molecule has 164 valence electrons. The van der Waals surface area contributed by atoms with Crippen LogP contribution < -0.4 is 10.1 Å². The van der Waals surface area contributed by atoms with Crippen molar-refractivity contribution < 1.29 is 32.6 Å². The average Bonchev–Trinajstić information content (AvgIpc) is 3.23. The second-order valence-corrected chi connectivity index (χ2v) is 8.14. The molecule has 0 aromatic carbocycles. The Kier molecular flexibility index (Phi) is 7.08. The van der Waals surface area contributed by atoms with E-state index in [4.69, 9.17) is 9.84 Å². The summed E-state index contributed by atoms with van der Waals surface area (Å²) >= 11 is 2.00. The van der Waals surface area contributed by atoms with Crippen molar-refractivity contribution in [2.75, 3.05) is 19.5 Å². The number of ether oxygens (including phenoxy) is 1. The molecule has 3 heterocycles. The van der Waals surface area contributed by atoms with Crippen molar-refractivity contribution in [1.82, 2.24) is 20.3 Å². The number of hydrogen-bond acceptors (Lipinski definition) is 9. The summed E-state index contributed by atoms with van der Waals surface area (Å²) in [6.45, 7) is -0.482. The summed E-state index contributed by atoms with van der Waals surface area (Å²) in [6, 6.07) is 4.63. The lowest BCUT2D eigenvalue weighted by Gasteiger charge is -2.10. The number of carbonyl (C=O) groups is 2. The van der Waals surface area contributed by atoms with E-state index >= 15 is 0 Å². The van der Waals surface area contributed by atoms with Crippen LogP contribution in [0.15, 0.2) is 29.4 Å². The summed E-state index contributed by atoms with van der Waals surface area (Å²) in [5.74, 6) is -2.15. The number of fused-ring (bicyclic) bond motifs is 1. The summed E-state index contributed by atoms with van der Waals surface area (Å²) in [6.07, 6.45) is -3.60. The van der Waals surface area contributed by atoms with Crippen LogP contribution in [0.4, 0.5) is 13.2 Å². The second kappa shape index (κ2) is 9.58. The zero-order valence-corrected chi connectivity index (χ0v) is 17.5. The number of halogens is 3. The number of aliphatic hydroxyl groups excluding tert-OH is 1. The smallest absolute Gasteiger partial charge is 0.451 e. The van der Waals surface area contributed by atoms with Crippen molar-refractivity contribution in [3.05, 3.63) is 40.0 Å². The highest BCUT2D eigenvalue weighted by atomic mass is 32.2. The fourth-order valence-electron chi connectivity index (χ4n) is 2.40. The molecule has 3 rings (SSSR count). The molecule has 0 fully saturated rings. The summed E-state index contributed by atoms with van der Waals surface area (Å²) in [5.41, 5.74) is -0.0175. The molecule has 0 unspecified atom stereocenters. The van der Waals surface area contributed by atoms with Gasteiger partial charge >= 0.3 is 6.18 Å². The minimum absolute atomic E-state index is 0.0154. The van der Waals surface area contributed by atoms with E-state index < -0.39 is 24.5 Å². The third-order valence-corrected chi connectivity index (χ3v) is 5.98. The van der Waals surface area contributed by atoms with Crippen LogP contribution in [0.3, 0.4) is 0 Å². The minimum atomic E-state index is -4.75. The Bertz CT molecular complexity index is 1120. The number of alkyl halides is 3. The summed E-state index contributed by atoms with van der Waals surface area (Å²) in [7, 11) is 1.37. The molecule has 31 heavy (non-hydrogen) atoms. The van der Waals surface area contributed by atoms with Crippen LogP contribution in [0.25, 0.3) is 10.9 Å². The molecule has 3 aromatic rings. The standard InChI is InChI=1S/C18H15F3N4O4S2/c1-29-15-4-10-11(6-23-15)24-17(18(19,20)21)25-16(10)30-8-12(27)13-3-2-9(31-13)5-22-14(28)7-26/h2-4,6,26H,5,7-8H2,1H3,(H,22,28). The van der Waals surface area contributed by atoms with Gasteiger partial charge in [0.05, 0.1) is 36.0 Å². The van der Waals surface area contributed by atoms with Gasteiger partial charge in [-0.25, -0.2) is 15.0 Å². The van der Waals surface area contributed by atoms with Crippen LogP contribution in [0, 0.1) is 0 Å². The molecule has 0 aliphatic heterocycles. The Morgan fingerprint density at radius 1 is 1.29 bits per heavy atom. The molecular formula is C18H15F3N4O4S2. The number of amides is 1. The normalized spacial score (nSPS) is 11.5. The molecule has 0 atom stereocenters. The molecule has 3 aromatic heterocycles. The molecule has 0 aliphatic rings. The van der Waals surface area contributed by atoms with Gasteiger partial charge in [-0.2, -0.15) is 13.2 Å². The monoisotopic (exact) mass is 472 g/mol. The summed E-state index contributed by atoms with van der Waals surface area (Å²) in [4.78, 5) is 35.7. The molecule has 0 spiro atoms. The van der Waals surface area contributed by atoms with Crippen LogP contribution in [-0.2, 0) is 17.5 Å². The lowest BCUT2D eigenvalue weighted by Crippen LogP contribution is -2.25. The lowest BCUT2D eigenvalue weighted by atomic mass is 10.3. The number of aliphatic hydroxyl groups is 1. The predicted molar refractivity (Wildman–Crippen MR) is 107 cm³/mol. The van der Waals surface area contributed by atoms with E-state index in [-0.39, 0.29) is 39.9 Å². The Morgan fingerprint density at radius 2 is 2.06 bits per heavy atom. The number of carbonyl (C=O) groups excluding carboxylic acids is 2. The first kappa shape index (κ1) is 22.9. The van der Waals surface area contributed by atoms with Gasteiger partial charge in [0.25, 0.3) is 0 Å². The van der Waals surface area contributed by atoms with E-state index in [1.54, 1.807) is 12.1 Å². The fraction of sp³-hybridized carbons (Fsp3) is 0.278. The van der Waals surface area contributed by atoms with Crippen molar-refractivity contribution in [3.63, 3.8) is 0 Å². The fourth-order valence-corrected chi connectivity index (χ4v) is 4.27. The van der Waals surface area contributed by atoms with Gasteiger partial charge in [-0.3, -0.25) is 9.59 Å². The third-order valence-electron chi connectivity index (χ3n) is 3.86. The predicted octanol–water partition coefficient (Wildman–Crippen LogP) is 2.70. The maximum absolute atomic E-state index is 13.2. The van der Waals surface area contributed by atoms with Crippen molar-refractivity contribution in [2.45, 2.75) is 17.7 Å². The third kappa shape index (κ3) is 5.68. The van der Waals surface area contributed by atoms with Crippen LogP contribution in [0.1, 0.15) is 20.4 Å². The summed E-state index contributed by atoms with van der Waals surface area (Å²) in [5, 5.41) is 11.5. The molecule has 0 aliphatic carbocycles. The largest absolute Gasteiger partial charge is 0.481 e. The number of ketones is 1. The Hall–Kier alpha value is -2.77. The number of rotatable bonds is 8. The number of Topliss-reactive ketones (excluding diaryl/α,β-unsaturated/α-hetero) is 1. The van der Waals surface area contributed by atoms with Crippen LogP contribution in [-0.4, -0.2) is 51.2 Å². The first-order valence-corrected chi connectivity index (χ1v) is 10.4. The minimum Gasteiger partial charge on any atom is -0.481 e. The van der Waals surface area contributed by atoms with Crippen molar-refractivity contribution >= 4 is 45.7 Å². The molecule has 8 nitrogen and oxygen atoms in total. The van der Waals surface area contributed by atoms with Crippen molar-refractivity contribution in [1.29, 1.82) is 0 Å². The highest BCUT2D eigenvalue weighted by molar-refractivity contribution is 8.00. The van der Waals surface area contributed by atoms with Crippen molar-refractivity contribution in [3.8, 4) is 5.88 Å². The molecule has 13 heteroatoms. The van der Waals surface area contributed by atoms with Gasteiger partial charge in [-0.05, 0) is 12.1 Å². The number of methoxy groups -OCH3 is 1. The number of thiophene rings is 1. The molecule has 0 radical (unpaired) electrons. The summed E-state index contributed by atoms with van der Waals surface area (Å²) < 4.78 is 44.5. The SMILES string of the molecule is COc1cc2c(SCC(=O)c3ccc(CNC(=O)CO)s3)nc(C(F)(F)F)nc2cn1. The number of nitrogens with zero attached hydrogens (tertiary/aromatic N) is 3. The van der Waals surface area contributed by atoms with E-state index in [9.17, 15) is 22.8 Å². The van der Waals surface area contributed by atoms with Gasteiger partial charge in [0, 0.05) is 16.3 Å². The number of pyridine rings is 1. The number of aromatic nitrogens is 3. The lowest BCUT2D eigenvalue weighted by molar-refractivity contribution is -0.145. The van der Waals surface area contributed by atoms with E-state index in [0.717, 1.165) is 29.3 Å². The quantitative estimate of drug-likeness (QED) is 0.292. The zero-order valence-electron chi connectivity index (χ0n) is 15.9. The van der Waals surface area contributed by atoms with E-state index in [1.165, 1.54) is 13.2 Å². The van der Waals surface area contributed by atoms with Gasteiger partial charge in [0.1, 0.15) is 11.6 Å². The number of hydrogen-bond donors (Lipinski definition) is 2. The van der Waals surface area contributed by atoms with Crippen LogP contribution in [0.2, 0.25) is 0 Å². The Labute approximate surface area is 181 Å². The molecular weight excluding hydrogens is 457 g/mol. The van der Waals surface area contributed by atoms with Gasteiger partial charge in [0.2, 0.25) is 17.6 Å². The van der Waals surface area contributed by atoms with Gasteiger partial charge < -0.3 is 15.2 Å². The number of thioether (sulfide) groups is 1. The molecule has 0 saturated carbocycles. The molecule has 1 amide bonds. The highest BCUT2D eigenvalue weighted by Gasteiger charge is 2.35. The van der Waals surface area contributed by atoms with Crippen molar-refractivity contribution in [2.24, 2.45) is 0 Å². The van der Waals surface area contributed by atoms with E-state index in [0.29, 0.717) is 9.75 Å². The second-order valence-electron chi connectivity index (χ2n) is 6.01. The first-order valence-electron chi connectivity index (χ1n) is 8.62. The van der Waals surface area contributed by atoms with Gasteiger partial charge in [-0.1, -0.05) is 11.8 Å². The topological polar surface area (TPSA) is 114 Å². The first-order chi connectivity index (χ1) is 14.7. The molecule has 0 bridgehead atoms. The van der Waals surface area contributed by atoms with Gasteiger partial charge in [0.15, 0.2) is 5.78 Å². The Balaban J connectivity index is 1.80. The maximum atomic E-state index is 13.2. The zero-order chi connectivity index (χ0) is 22.6. The average molecular weight is 472 g/mol. The van der Waals surface area contributed by atoms with Crippen LogP contribution in [0.5, 0.6) is 5.88 Å². The Morgan fingerprint density at radius 3 is 2.74 bits per heavy atom. The van der Waals surface area contributed by atoms with Crippen LogP contribution >= 0.6 is 23.1 Å². The highest BCUT2D eigenvalue weighted by Crippen LogP contribution is 2.33. The van der Waals surface area contributed by atoms with Gasteiger partial charge in [-0.15, -0.1) is 11.3 Å². The van der Waals surface area contributed by atoms with E-state index in [2.05, 4.69) is 20.3 Å². The molecule has 2 N–H and O–H groups in total.